The summed E-state index contributed by atoms with van der Waals surface area (Å²) in [5.41, 5.74) is 1.51. The zero-order chi connectivity index (χ0) is 15.7. The first-order valence-electron chi connectivity index (χ1n) is 7.31. The van der Waals surface area contributed by atoms with Crippen molar-refractivity contribution in [1.29, 1.82) is 0 Å². The van der Waals surface area contributed by atoms with Crippen molar-refractivity contribution >= 4 is 0 Å². The van der Waals surface area contributed by atoms with Crippen molar-refractivity contribution in [3.63, 3.8) is 0 Å². The third kappa shape index (κ3) is 3.78. The highest BCUT2D eigenvalue weighted by atomic mass is 16.6. The van der Waals surface area contributed by atoms with E-state index in [1.54, 1.807) is 0 Å². The van der Waals surface area contributed by atoms with Gasteiger partial charge in [0.2, 0.25) is 0 Å². The standard InChI is InChI=1S/C18H24O3/c1-13-11-15(9-8-14(13)7-6-10-19)20-16-12-17(2,3)21-18(16,4)5/h8-9,11,16,19H,10,12H2,1-5H3. The van der Waals surface area contributed by atoms with Gasteiger partial charge >= 0.3 is 0 Å². The predicted octanol–water partition coefficient (Wildman–Crippen LogP) is 3.06. The van der Waals surface area contributed by atoms with Gasteiger partial charge in [-0.2, -0.15) is 0 Å². The summed E-state index contributed by atoms with van der Waals surface area (Å²) in [6.07, 6.45) is 0.895. The lowest BCUT2D eigenvalue weighted by molar-refractivity contribution is -0.0846. The second-order valence-electron chi connectivity index (χ2n) is 6.71. The molecule has 1 saturated heterocycles. The summed E-state index contributed by atoms with van der Waals surface area (Å²) in [6, 6.07) is 5.85. The average molecular weight is 288 g/mol. The fourth-order valence-electron chi connectivity index (χ4n) is 2.84. The zero-order valence-electron chi connectivity index (χ0n) is 13.5. The molecule has 1 aliphatic heterocycles. The van der Waals surface area contributed by atoms with E-state index in [0.29, 0.717) is 0 Å². The molecule has 1 aromatic carbocycles. The van der Waals surface area contributed by atoms with Crippen molar-refractivity contribution in [3.8, 4) is 17.6 Å². The molecule has 0 amide bonds. The van der Waals surface area contributed by atoms with Crippen LogP contribution in [0.5, 0.6) is 5.75 Å². The van der Waals surface area contributed by atoms with Crippen LogP contribution >= 0.6 is 0 Å². The summed E-state index contributed by atoms with van der Waals surface area (Å²) in [4.78, 5) is 0. The maximum absolute atomic E-state index is 8.76. The van der Waals surface area contributed by atoms with Crippen LogP contribution in [0.1, 0.15) is 45.2 Å². The van der Waals surface area contributed by atoms with E-state index in [9.17, 15) is 0 Å². The first-order valence-corrected chi connectivity index (χ1v) is 7.31. The number of rotatable bonds is 2. The van der Waals surface area contributed by atoms with Gasteiger partial charge in [0.15, 0.2) is 0 Å². The van der Waals surface area contributed by atoms with E-state index < -0.39 is 0 Å². The zero-order valence-corrected chi connectivity index (χ0v) is 13.5. The number of aliphatic hydroxyl groups is 1. The molecule has 21 heavy (non-hydrogen) atoms. The average Bonchev–Trinajstić information content (AvgIpc) is 2.56. The maximum atomic E-state index is 8.76. The van der Waals surface area contributed by atoms with Gasteiger partial charge in [0.25, 0.3) is 0 Å². The first kappa shape index (κ1) is 15.9. The van der Waals surface area contributed by atoms with Gasteiger partial charge in [0.1, 0.15) is 24.1 Å². The van der Waals surface area contributed by atoms with Crippen LogP contribution in [-0.4, -0.2) is 29.0 Å². The third-order valence-corrected chi connectivity index (χ3v) is 3.77. The molecule has 1 aromatic rings. The Balaban J connectivity index is 2.16. The van der Waals surface area contributed by atoms with Crippen molar-refractivity contribution in [2.75, 3.05) is 6.61 Å². The molecule has 1 atom stereocenters. The van der Waals surface area contributed by atoms with Crippen LogP contribution in [0.25, 0.3) is 0 Å². The molecule has 1 aliphatic rings. The lowest BCUT2D eigenvalue weighted by Gasteiger charge is -2.27. The van der Waals surface area contributed by atoms with Crippen molar-refractivity contribution in [2.45, 2.75) is 58.3 Å². The van der Waals surface area contributed by atoms with Gasteiger partial charge in [-0.1, -0.05) is 11.8 Å². The fraction of sp³-hybridized carbons (Fsp3) is 0.556. The normalized spacial score (nSPS) is 22.5. The van der Waals surface area contributed by atoms with E-state index in [4.69, 9.17) is 14.6 Å². The van der Waals surface area contributed by atoms with E-state index in [2.05, 4.69) is 39.5 Å². The van der Waals surface area contributed by atoms with Gasteiger partial charge in [-0.15, -0.1) is 0 Å². The Bertz CT molecular complexity index is 576. The second-order valence-corrected chi connectivity index (χ2v) is 6.71. The molecule has 1 N–H and O–H groups in total. The second kappa shape index (κ2) is 5.71. The van der Waals surface area contributed by atoms with Crippen molar-refractivity contribution in [1.82, 2.24) is 0 Å². The summed E-state index contributed by atoms with van der Waals surface area (Å²) < 4.78 is 12.2. The molecule has 2 rings (SSSR count). The number of benzene rings is 1. The number of aryl methyl sites for hydroxylation is 1. The smallest absolute Gasteiger partial charge is 0.130 e. The van der Waals surface area contributed by atoms with Gasteiger partial charge in [0, 0.05) is 12.0 Å². The highest BCUT2D eigenvalue weighted by Crippen LogP contribution is 2.39. The van der Waals surface area contributed by atoms with Crippen LogP contribution in [0.4, 0.5) is 0 Å². The maximum Gasteiger partial charge on any atom is 0.130 e. The molecule has 1 heterocycles. The molecule has 0 saturated carbocycles. The molecule has 3 nitrogen and oxygen atoms in total. The Morgan fingerprint density at radius 2 is 2.05 bits per heavy atom. The van der Waals surface area contributed by atoms with E-state index in [0.717, 1.165) is 23.3 Å². The van der Waals surface area contributed by atoms with E-state index in [1.807, 2.05) is 25.1 Å². The van der Waals surface area contributed by atoms with Crippen LogP contribution < -0.4 is 4.74 Å². The van der Waals surface area contributed by atoms with Gasteiger partial charge in [-0.25, -0.2) is 0 Å². The van der Waals surface area contributed by atoms with Crippen LogP contribution in [0.2, 0.25) is 0 Å². The first-order chi connectivity index (χ1) is 9.73. The SMILES string of the molecule is Cc1cc(OC2CC(C)(C)OC2(C)C)ccc1C#CCO. The number of aliphatic hydroxyl groups excluding tert-OH is 1. The Hall–Kier alpha value is -1.50. The third-order valence-electron chi connectivity index (χ3n) is 3.77. The molecule has 0 aliphatic carbocycles. The fourth-order valence-corrected chi connectivity index (χ4v) is 2.84. The van der Waals surface area contributed by atoms with Crippen molar-refractivity contribution < 1.29 is 14.6 Å². The lowest BCUT2D eigenvalue weighted by atomic mass is 9.97. The minimum atomic E-state index is -0.299. The van der Waals surface area contributed by atoms with Gasteiger partial charge in [0.05, 0.1) is 5.60 Å². The minimum absolute atomic E-state index is 0.0290. The number of ether oxygens (including phenoxy) is 2. The quantitative estimate of drug-likeness (QED) is 0.850. The Labute approximate surface area is 127 Å². The molecule has 0 radical (unpaired) electrons. The highest BCUT2D eigenvalue weighted by Gasteiger charge is 2.47. The molecule has 0 aromatic heterocycles. The van der Waals surface area contributed by atoms with Gasteiger partial charge in [-0.05, 0) is 58.4 Å². The molecule has 3 heteroatoms. The minimum Gasteiger partial charge on any atom is -0.487 e. The number of hydrogen-bond donors (Lipinski definition) is 1. The number of hydrogen-bond acceptors (Lipinski definition) is 3. The molecule has 1 unspecified atom stereocenters. The highest BCUT2D eigenvalue weighted by molar-refractivity contribution is 5.44. The summed E-state index contributed by atoms with van der Waals surface area (Å²) in [6.45, 7) is 10.2. The predicted molar refractivity (Wildman–Crippen MR) is 83.4 cm³/mol. The van der Waals surface area contributed by atoms with Crippen LogP contribution in [-0.2, 0) is 4.74 Å². The van der Waals surface area contributed by atoms with Crippen LogP contribution in [0.15, 0.2) is 18.2 Å². The van der Waals surface area contributed by atoms with E-state index in [-0.39, 0.29) is 23.9 Å². The van der Waals surface area contributed by atoms with Crippen molar-refractivity contribution in [2.24, 2.45) is 0 Å². The summed E-state index contributed by atoms with van der Waals surface area (Å²) >= 11 is 0. The van der Waals surface area contributed by atoms with Gasteiger partial charge < -0.3 is 14.6 Å². The molecule has 0 bridgehead atoms. The molecule has 1 fully saturated rings. The van der Waals surface area contributed by atoms with Gasteiger partial charge in [-0.3, -0.25) is 0 Å². The van der Waals surface area contributed by atoms with E-state index in [1.165, 1.54) is 0 Å². The Morgan fingerprint density at radius 3 is 2.57 bits per heavy atom. The summed E-state index contributed by atoms with van der Waals surface area (Å²) in [5, 5.41) is 8.76. The molecular weight excluding hydrogens is 264 g/mol. The van der Waals surface area contributed by atoms with Crippen molar-refractivity contribution in [3.05, 3.63) is 29.3 Å². The van der Waals surface area contributed by atoms with Crippen LogP contribution in [0, 0.1) is 18.8 Å². The topological polar surface area (TPSA) is 38.7 Å². The largest absolute Gasteiger partial charge is 0.487 e. The molecule has 0 spiro atoms. The Kier molecular flexibility index (Phi) is 4.32. The van der Waals surface area contributed by atoms with E-state index >= 15 is 0 Å². The summed E-state index contributed by atoms with van der Waals surface area (Å²) in [5.74, 6) is 6.43. The monoisotopic (exact) mass is 288 g/mol. The lowest BCUT2D eigenvalue weighted by Crippen LogP contribution is -2.36. The summed E-state index contributed by atoms with van der Waals surface area (Å²) in [7, 11) is 0. The van der Waals surface area contributed by atoms with Crippen LogP contribution in [0.3, 0.4) is 0 Å². The molecule has 114 valence electrons. The molecular formula is C18H24O3. The Morgan fingerprint density at radius 1 is 1.33 bits per heavy atom.